The van der Waals surface area contributed by atoms with Gasteiger partial charge in [0.2, 0.25) is 0 Å². The topological polar surface area (TPSA) is 46.0 Å². The van der Waals surface area contributed by atoms with Crippen LogP contribution in [0.4, 0.5) is 0 Å². The van der Waals surface area contributed by atoms with E-state index in [9.17, 15) is 0 Å². The van der Waals surface area contributed by atoms with Gasteiger partial charge in [0.1, 0.15) is 0 Å². The first-order valence-electron chi connectivity index (χ1n) is 17.3. The summed E-state index contributed by atoms with van der Waals surface area (Å²) in [5, 5.41) is 4.59. The van der Waals surface area contributed by atoms with Crippen LogP contribution in [0, 0.1) is 23.7 Å². The number of nitrogens with one attached hydrogen (secondary N) is 1. The average Bonchev–Trinajstić information content (AvgIpc) is 2.94. The van der Waals surface area contributed by atoms with Gasteiger partial charge in [0.15, 0.2) is 8.32 Å². The van der Waals surface area contributed by atoms with Crippen molar-refractivity contribution in [1.82, 2.24) is 5.32 Å². The minimum Gasteiger partial charge on any atom is -0.418 e. The summed E-state index contributed by atoms with van der Waals surface area (Å²) < 4.78 is 6.27. The van der Waals surface area contributed by atoms with E-state index in [1.165, 1.54) is 43.5 Å². The molecule has 41 heavy (non-hydrogen) atoms. The van der Waals surface area contributed by atoms with Crippen LogP contribution in [-0.4, -0.2) is 61.3 Å². The lowest BCUT2D eigenvalue weighted by atomic mass is 9.74. The zero-order valence-corrected chi connectivity index (χ0v) is 30.2. The third-order valence-corrected chi connectivity index (χ3v) is 12.6. The SMILES string of the molecule is CCC1CCC(Cl)C(CC)C1N=C(C)C1CCCC(C(CCCO[Si](C)(C)C)=NC2C(CC)CCC(Cl)C2CC)N1. The second-order valence-electron chi connectivity index (χ2n) is 14.3. The maximum atomic E-state index is 6.94. The van der Waals surface area contributed by atoms with Crippen LogP contribution < -0.4 is 5.32 Å². The Labute approximate surface area is 264 Å². The highest BCUT2D eigenvalue weighted by atomic mass is 35.5. The molecule has 2 saturated carbocycles. The van der Waals surface area contributed by atoms with Gasteiger partial charge >= 0.3 is 0 Å². The van der Waals surface area contributed by atoms with Crippen LogP contribution in [0.15, 0.2) is 9.98 Å². The van der Waals surface area contributed by atoms with Gasteiger partial charge in [-0.15, -0.1) is 23.2 Å². The number of aliphatic imine (C=N–C) groups is 2. The maximum absolute atomic E-state index is 6.94. The predicted molar refractivity (Wildman–Crippen MR) is 184 cm³/mol. The molecule has 0 aromatic heterocycles. The van der Waals surface area contributed by atoms with Crippen LogP contribution in [0.3, 0.4) is 0 Å². The molecule has 7 heteroatoms. The molecule has 2 aliphatic carbocycles. The molecule has 1 N–H and O–H groups in total. The molecule has 0 spiro atoms. The standard InChI is InChI=1S/C34H63Cl2N3OSi/c1-9-24-18-20-28(35)26(11-3)33(24)37-23(5)30-15-13-16-31(38-30)32(17-14-22-40-41(6,7)8)39-34-25(10-2)19-21-29(36)27(34)12-4/h24-31,33-34,38H,9-22H2,1-8H3. The van der Waals surface area contributed by atoms with Crippen molar-refractivity contribution in [2.24, 2.45) is 33.7 Å². The highest BCUT2D eigenvalue weighted by molar-refractivity contribution is 6.69. The fourth-order valence-corrected chi connectivity index (χ4v) is 9.60. The van der Waals surface area contributed by atoms with Crippen molar-refractivity contribution in [2.45, 2.75) is 173 Å². The van der Waals surface area contributed by atoms with E-state index in [1.807, 2.05) is 0 Å². The minimum absolute atomic E-state index is 0.244. The minimum atomic E-state index is -1.52. The molecular formula is C34H63Cl2N3OSi. The van der Waals surface area contributed by atoms with Crippen LogP contribution in [-0.2, 0) is 4.43 Å². The lowest BCUT2D eigenvalue weighted by molar-refractivity contribution is 0.215. The van der Waals surface area contributed by atoms with Crippen LogP contribution in [0.25, 0.3) is 0 Å². The van der Waals surface area contributed by atoms with E-state index in [1.54, 1.807) is 0 Å². The molecule has 0 aromatic carbocycles. The molecule has 0 radical (unpaired) electrons. The Balaban J connectivity index is 1.84. The quantitative estimate of drug-likeness (QED) is 0.0955. The number of nitrogens with zero attached hydrogens (tertiary/aromatic N) is 2. The Morgan fingerprint density at radius 3 is 1.80 bits per heavy atom. The highest BCUT2D eigenvalue weighted by Gasteiger charge is 2.39. The molecule has 0 bridgehead atoms. The molecule has 0 amide bonds. The second-order valence-corrected chi connectivity index (χ2v) is 19.9. The van der Waals surface area contributed by atoms with Gasteiger partial charge in [-0.1, -0.05) is 40.5 Å². The number of piperidine rings is 1. The predicted octanol–water partition coefficient (Wildman–Crippen LogP) is 9.68. The molecule has 3 rings (SSSR count). The Morgan fingerprint density at radius 2 is 1.29 bits per heavy atom. The Kier molecular flexibility index (Phi) is 14.7. The zero-order chi connectivity index (χ0) is 30.2. The summed E-state index contributed by atoms with van der Waals surface area (Å²) in [6.45, 7) is 19.2. The lowest BCUT2D eigenvalue weighted by Gasteiger charge is -2.41. The van der Waals surface area contributed by atoms with Crippen LogP contribution in [0.2, 0.25) is 19.6 Å². The van der Waals surface area contributed by atoms with Crippen molar-refractivity contribution in [3.05, 3.63) is 0 Å². The van der Waals surface area contributed by atoms with E-state index >= 15 is 0 Å². The molecule has 1 heterocycles. The fraction of sp³-hybridized carbons (Fsp3) is 0.941. The summed E-state index contributed by atoms with van der Waals surface area (Å²) in [7, 11) is -1.52. The molecule has 0 aromatic rings. The average molecular weight is 629 g/mol. The van der Waals surface area contributed by atoms with E-state index in [2.05, 4.69) is 59.6 Å². The van der Waals surface area contributed by atoms with E-state index in [0.717, 1.165) is 58.0 Å². The molecule has 238 valence electrons. The van der Waals surface area contributed by atoms with E-state index in [-0.39, 0.29) is 10.8 Å². The van der Waals surface area contributed by atoms with E-state index < -0.39 is 8.32 Å². The summed E-state index contributed by atoms with van der Waals surface area (Å²) in [6.07, 6.45) is 14.9. The number of rotatable bonds is 13. The molecule has 10 unspecified atom stereocenters. The first-order chi connectivity index (χ1) is 19.5. The van der Waals surface area contributed by atoms with Crippen molar-refractivity contribution in [3.8, 4) is 0 Å². The largest absolute Gasteiger partial charge is 0.418 e. The third-order valence-electron chi connectivity index (χ3n) is 10.5. The third kappa shape index (κ3) is 10.0. The Morgan fingerprint density at radius 1 is 0.756 bits per heavy atom. The molecule has 3 aliphatic rings. The van der Waals surface area contributed by atoms with Gasteiger partial charge < -0.3 is 9.74 Å². The van der Waals surface area contributed by atoms with Crippen LogP contribution >= 0.6 is 23.2 Å². The van der Waals surface area contributed by atoms with Crippen LogP contribution in [0.5, 0.6) is 0 Å². The summed E-state index contributed by atoms with van der Waals surface area (Å²) in [4.78, 5) is 11.2. The second kappa shape index (κ2) is 16.9. The molecule has 1 aliphatic heterocycles. The van der Waals surface area contributed by atoms with Gasteiger partial charge in [-0.25, -0.2) is 0 Å². The zero-order valence-electron chi connectivity index (χ0n) is 27.7. The number of hydrogen-bond acceptors (Lipinski definition) is 4. The van der Waals surface area contributed by atoms with Crippen molar-refractivity contribution in [1.29, 1.82) is 0 Å². The maximum Gasteiger partial charge on any atom is 0.183 e. The highest BCUT2D eigenvalue weighted by Crippen LogP contribution is 2.40. The summed E-state index contributed by atoms with van der Waals surface area (Å²) >= 11 is 13.8. The number of halogens is 2. The van der Waals surface area contributed by atoms with Crippen molar-refractivity contribution in [3.63, 3.8) is 0 Å². The smallest absolute Gasteiger partial charge is 0.183 e. The summed E-state index contributed by atoms with van der Waals surface area (Å²) in [5.41, 5.74) is 2.64. The van der Waals surface area contributed by atoms with E-state index in [4.69, 9.17) is 37.6 Å². The summed E-state index contributed by atoms with van der Waals surface area (Å²) in [5.74, 6) is 2.25. The first-order valence-corrected chi connectivity index (χ1v) is 21.6. The Hall–Kier alpha value is 0.0569. The van der Waals surface area contributed by atoms with Crippen molar-refractivity contribution < 1.29 is 4.43 Å². The van der Waals surface area contributed by atoms with E-state index in [0.29, 0.717) is 47.8 Å². The van der Waals surface area contributed by atoms with Gasteiger partial charge in [0.25, 0.3) is 0 Å². The molecule has 1 saturated heterocycles. The fourth-order valence-electron chi connectivity index (χ4n) is 7.94. The van der Waals surface area contributed by atoms with Gasteiger partial charge in [-0.3, -0.25) is 9.98 Å². The number of hydrogen-bond donors (Lipinski definition) is 1. The van der Waals surface area contributed by atoms with Crippen molar-refractivity contribution >= 4 is 42.9 Å². The van der Waals surface area contributed by atoms with Gasteiger partial charge in [-0.2, -0.15) is 0 Å². The van der Waals surface area contributed by atoms with Gasteiger partial charge in [0.05, 0.1) is 12.1 Å². The van der Waals surface area contributed by atoms with Gasteiger partial charge in [0, 0.05) is 40.9 Å². The summed E-state index contributed by atoms with van der Waals surface area (Å²) in [6, 6.07) is 1.32. The molecular weight excluding hydrogens is 565 g/mol. The monoisotopic (exact) mass is 627 g/mol. The Bertz CT molecular complexity index is 846. The number of alkyl halides is 2. The lowest BCUT2D eigenvalue weighted by Crippen LogP contribution is -2.51. The normalized spacial score (nSPS) is 37.8. The molecule has 3 fully saturated rings. The van der Waals surface area contributed by atoms with Gasteiger partial charge in [-0.05, 0) is 121 Å². The van der Waals surface area contributed by atoms with Crippen LogP contribution in [0.1, 0.15) is 118 Å². The molecule has 4 nitrogen and oxygen atoms in total. The van der Waals surface area contributed by atoms with Crippen molar-refractivity contribution in [2.75, 3.05) is 6.61 Å². The molecule has 10 atom stereocenters. The first kappa shape index (κ1) is 35.5.